The maximum atomic E-state index is 3.54. The second kappa shape index (κ2) is 6.55. The fourth-order valence-corrected chi connectivity index (χ4v) is 3.51. The van der Waals surface area contributed by atoms with Gasteiger partial charge in [0.2, 0.25) is 0 Å². The fourth-order valence-electron chi connectivity index (χ4n) is 3.51. The molecular formula is C19H28N2. The highest BCUT2D eigenvalue weighted by Crippen LogP contribution is 2.27. The molecule has 21 heavy (non-hydrogen) atoms. The smallest absolute Gasteiger partial charge is 0.0872 e. The van der Waals surface area contributed by atoms with Crippen LogP contribution in [0.1, 0.15) is 55.2 Å². The van der Waals surface area contributed by atoms with E-state index in [1.807, 2.05) is 0 Å². The zero-order valence-corrected chi connectivity index (χ0v) is 13.5. The Labute approximate surface area is 129 Å². The zero-order valence-electron chi connectivity index (χ0n) is 13.5. The van der Waals surface area contributed by atoms with Gasteiger partial charge in [-0.3, -0.25) is 0 Å². The lowest BCUT2D eigenvalue weighted by Crippen LogP contribution is -2.24. The number of benzene rings is 1. The Bertz CT molecular complexity index is 512. The monoisotopic (exact) mass is 284 g/mol. The maximum absolute atomic E-state index is 3.54. The standard InChI is InChI=1S/C19H28N2/c1-15-8-9-18(12-16(15)2)19-13-21(14-20-19)11-10-17-6-4-3-5-7-17/h8-9,12-13,17,20H,3-7,10-11,14H2,1-2H3. The van der Waals surface area contributed by atoms with Crippen molar-refractivity contribution in [1.29, 1.82) is 0 Å². The number of nitrogens with one attached hydrogen (secondary N) is 1. The Balaban J connectivity index is 1.57. The molecule has 1 aromatic rings. The van der Waals surface area contributed by atoms with E-state index >= 15 is 0 Å². The predicted molar refractivity (Wildman–Crippen MR) is 89.8 cm³/mol. The van der Waals surface area contributed by atoms with Crippen LogP contribution >= 0.6 is 0 Å². The minimum absolute atomic E-state index is 0.967. The third-order valence-corrected chi connectivity index (χ3v) is 5.15. The number of hydrogen-bond donors (Lipinski definition) is 1. The van der Waals surface area contributed by atoms with Crippen molar-refractivity contribution in [1.82, 2.24) is 10.2 Å². The molecule has 1 aliphatic heterocycles. The van der Waals surface area contributed by atoms with Crippen molar-refractivity contribution in [3.8, 4) is 0 Å². The molecule has 1 saturated carbocycles. The van der Waals surface area contributed by atoms with Gasteiger partial charge in [-0.05, 0) is 48.9 Å². The van der Waals surface area contributed by atoms with Crippen LogP contribution in [0.2, 0.25) is 0 Å². The van der Waals surface area contributed by atoms with Crippen molar-refractivity contribution in [3.63, 3.8) is 0 Å². The van der Waals surface area contributed by atoms with Crippen molar-refractivity contribution < 1.29 is 0 Å². The first-order valence-electron chi connectivity index (χ1n) is 8.50. The van der Waals surface area contributed by atoms with Crippen LogP contribution < -0.4 is 5.32 Å². The van der Waals surface area contributed by atoms with Crippen LogP contribution in [-0.2, 0) is 0 Å². The number of hydrogen-bond acceptors (Lipinski definition) is 2. The minimum atomic E-state index is 0.967. The average molecular weight is 284 g/mol. The quantitative estimate of drug-likeness (QED) is 0.879. The maximum Gasteiger partial charge on any atom is 0.0872 e. The summed E-state index contributed by atoms with van der Waals surface area (Å²) in [5.41, 5.74) is 5.34. The molecular weight excluding hydrogens is 256 g/mol. The summed E-state index contributed by atoms with van der Waals surface area (Å²) in [7, 11) is 0. The highest BCUT2D eigenvalue weighted by Gasteiger charge is 2.17. The summed E-state index contributed by atoms with van der Waals surface area (Å²) in [5, 5.41) is 3.54. The van der Waals surface area contributed by atoms with Crippen molar-refractivity contribution >= 4 is 5.70 Å². The van der Waals surface area contributed by atoms with Crippen molar-refractivity contribution in [2.45, 2.75) is 52.4 Å². The van der Waals surface area contributed by atoms with E-state index in [1.165, 1.54) is 67.5 Å². The Morgan fingerprint density at radius 2 is 1.90 bits per heavy atom. The normalized spacial score (nSPS) is 19.5. The van der Waals surface area contributed by atoms with Gasteiger partial charge in [0.05, 0.1) is 12.4 Å². The molecule has 2 aliphatic rings. The predicted octanol–water partition coefficient (Wildman–Crippen LogP) is 4.43. The first kappa shape index (κ1) is 14.5. The number of aryl methyl sites for hydroxylation is 2. The molecule has 1 N–H and O–H groups in total. The Hall–Kier alpha value is -1.44. The van der Waals surface area contributed by atoms with E-state index in [2.05, 4.69) is 48.5 Å². The average Bonchev–Trinajstić information content (AvgIpc) is 2.98. The fraction of sp³-hybridized carbons (Fsp3) is 0.579. The van der Waals surface area contributed by atoms with Gasteiger partial charge in [-0.1, -0.05) is 44.2 Å². The minimum Gasteiger partial charge on any atom is -0.366 e. The van der Waals surface area contributed by atoms with Crippen LogP contribution in [0.4, 0.5) is 0 Å². The summed E-state index contributed by atoms with van der Waals surface area (Å²) < 4.78 is 0. The highest BCUT2D eigenvalue weighted by molar-refractivity contribution is 5.66. The van der Waals surface area contributed by atoms with Crippen molar-refractivity contribution in [2.75, 3.05) is 13.2 Å². The molecule has 3 rings (SSSR count). The van der Waals surface area contributed by atoms with Gasteiger partial charge in [-0.2, -0.15) is 0 Å². The second-order valence-electron chi connectivity index (χ2n) is 6.78. The van der Waals surface area contributed by atoms with E-state index in [0.717, 1.165) is 12.6 Å². The van der Waals surface area contributed by atoms with Crippen molar-refractivity contribution in [3.05, 3.63) is 41.1 Å². The molecule has 0 radical (unpaired) electrons. The van der Waals surface area contributed by atoms with E-state index in [0.29, 0.717) is 0 Å². The van der Waals surface area contributed by atoms with Crippen LogP contribution in [0, 0.1) is 19.8 Å². The van der Waals surface area contributed by atoms with Gasteiger partial charge in [0, 0.05) is 12.7 Å². The lowest BCUT2D eigenvalue weighted by atomic mass is 9.87. The molecule has 0 saturated heterocycles. The van der Waals surface area contributed by atoms with Gasteiger partial charge in [0.1, 0.15) is 0 Å². The van der Waals surface area contributed by atoms with Crippen LogP contribution in [0.15, 0.2) is 24.4 Å². The molecule has 1 aromatic carbocycles. The molecule has 2 nitrogen and oxygen atoms in total. The van der Waals surface area contributed by atoms with E-state index in [4.69, 9.17) is 0 Å². The van der Waals surface area contributed by atoms with Gasteiger partial charge in [-0.25, -0.2) is 0 Å². The van der Waals surface area contributed by atoms with E-state index in [-0.39, 0.29) is 0 Å². The summed E-state index contributed by atoms with van der Waals surface area (Å²) in [6, 6.07) is 6.74. The third-order valence-electron chi connectivity index (χ3n) is 5.15. The first-order chi connectivity index (χ1) is 10.2. The summed E-state index contributed by atoms with van der Waals surface area (Å²) in [5.74, 6) is 0.970. The number of nitrogens with zero attached hydrogens (tertiary/aromatic N) is 1. The molecule has 1 aliphatic carbocycles. The molecule has 0 spiro atoms. The van der Waals surface area contributed by atoms with Gasteiger partial charge in [-0.15, -0.1) is 0 Å². The SMILES string of the molecule is Cc1ccc(C2=CN(CCC3CCCCC3)CN2)cc1C. The summed E-state index contributed by atoms with van der Waals surface area (Å²) >= 11 is 0. The van der Waals surface area contributed by atoms with Gasteiger partial charge in [0.25, 0.3) is 0 Å². The Kier molecular flexibility index (Phi) is 4.52. The van der Waals surface area contributed by atoms with Crippen LogP contribution in [0.5, 0.6) is 0 Å². The lowest BCUT2D eigenvalue weighted by molar-refractivity contribution is 0.288. The van der Waals surface area contributed by atoms with E-state index in [9.17, 15) is 0 Å². The summed E-state index contributed by atoms with van der Waals surface area (Å²) in [6.45, 7) is 6.53. The van der Waals surface area contributed by atoms with E-state index in [1.54, 1.807) is 0 Å². The summed E-state index contributed by atoms with van der Waals surface area (Å²) in [4.78, 5) is 2.44. The molecule has 0 bridgehead atoms. The molecule has 0 unspecified atom stereocenters. The van der Waals surface area contributed by atoms with Crippen LogP contribution in [0.25, 0.3) is 5.70 Å². The Morgan fingerprint density at radius 1 is 1.10 bits per heavy atom. The highest BCUT2D eigenvalue weighted by atomic mass is 15.3. The number of rotatable bonds is 4. The molecule has 0 aromatic heterocycles. The topological polar surface area (TPSA) is 15.3 Å². The Morgan fingerprint density at radius 3 is 2.67 bits per heavy atom. The van der Waals surface area contributed by atoms with Gasteiger partial charge < -0.3 is 10.2 Å². The van der Waals surface area contributed by atoms with Crippen LogP contribution in [-0.4, -0.2) is 18.1 Å². The lowest BCUT2D eigenvalue weighted by Gasteiger charge is -2.24. The zero-order chi connectivity index (χ0) is 14.7. The molecule has 0 atom stereocenters. The van der Waals surface area contributed by atoms with E-state index < -0.39 is 0 Å². The van der Waals surface area contributed by atoms with Gasteiger partial charge >= 0.3 is 0 Å². The second-order valence-corrected chi connectivity index (χ2v) is 6.78. The molecule has 114 valence electrons. The summed E-state index contributed by atoms with van der Waals surface area (Å²) in [6.07, 6.45) is 10.9. The van der Waals surface area contributed by atoms with Crippen molar-refractivity contribution in [2.24, 2.45) is 5.92 Å². The molecule has 1 fully saturated rings. The molecule has 2 heteroatoms. The largest absolute Gasteiger partial charge is 0.366 e. The first-order valence-corrected chi connectivity index (χ1v) is 8.50. The molecule has 0 amide bonds. The molecule has 1 heterocycles. The van der Waals surface area contributed by atoms with Crippen LogP contribution in [0.3, 0.4) is 0 Å². The van der Waals surface area contributed by atoms with Gasteiger partial charge in [0.15, 0.2) is 0 Å². The third kappa shape index (κ3) is 3.61.